The van der Waals surface area contributed by atoms with Crippen LogP contribution < -0.4 is 0 Å². The number of carbonyl (C=O) groups is 2. The molecule has 0 aromatic rings. The molecule has 0 aromatic carbocycles. The second-order valence-electron chi connectivity index (χ2n) is 10.1. The molecule has 3 aliphatic rings. The maximum Gasteiger partial charge on any atom is 0.309 e. The maximum absolute atomic E-state index is 12.7. The third-order valence-corrected chi connectivity index (χ3v) is 7.34. The topological polar surface area (TPSA) is 66.8 Å². The van der Waals surface area contributed by atoms with Crippen LogP contribution in [0.15, 0.2) is 0 Å². The van der Waals surface area contributed by atoms with E-state index in [1.54, 1.807) is 0 Å². The number of piperidine rings is 1. The van der Waals surface area contributed by atoms with Crippen molar-refractivity contribution in [3.05, 3.63) is 0 Å². The highest BCUT2D eigenvalue weighted by atomic mass is 16.5. The van der Waals surface area contributed by atoms with Crippen LogP contribution >= 0.6 is 0 Å². The molecule has 27 heavy (non-hydrogen) atoms. The molecular weight excluding hydrogens is 342 g/mol. The van der Waals surface area contributed by atoms with E-state index in [1.807, 2.05) is 4.90 Å². The molecule has 3 rings (SSSR count). The van der Waals surface area contributed by atoms with E-state index in [2.05, 4.69) is 20.8 Å². The van der Waals surface area contributed by atoms with Crippen LogP contribution in [0, 0.1) is 29.1 Å². The minimum Gasteiger partial charge on any atom is -0.481 e. The number of ether oxygens (including phenoxy) is 1. The van der Waals surface area contributed by atoms with Gasteiger partial charge in [0.25, 0.3) is 0 Å². The van der Waals surface area contributed by atoms with Crippen LogP contribution in [0.4, 0.5) is 0 Å². The van der Waals surface area contributed by atoms with Crippen LogP contribution in [-0.2, 0) is 14.3 Å². The Balaban J connectivity index is 1.42. The van der Waals surface area contributed by atoms with Crippen molar-refractivity contribution in [2.45, 2.75) is 78.2 Å². The van der Waals surface area contributed by atoms with Gasteiger partial charge in [-0.05, 0) is 68.1 Å². The van der Waals surface area contributed by atoms with Gasteiger partial charge in [0, 0.05) is 26.1 Å². The van der Waals surface area contributed by atoms with E-state index in [0.29, 0.717) is 36.7 Å². The summed E-state index contributed by atoms with van der Waals surface area (Å²) in [5.74, 6) is 0.809. The van der Waals surface area contributed by atoms with Crippen LogP contribution in [0.25, 0.3) is 0 Å². The van der Waals surface area contributed by atoms with Gasteiger partial charge in [0.1, 0.15) is 0 Å². The summed E-state index contributed by atoms with van der Waals surface area (Å²) in [6, 6.07) is 0. The minimum atomic E-state index is -0.734. The molecule has 1 aliphatic carbocycles. The van der Waals surface area contributed by atoms with Crippen molar-refractivity contribution in [1.29, 1.82) is 0 Å². The number of hydrogen-bond donors (Lipinski definition) is 1. The quantitative estimate of drug-likeness (QED) is 0.803. The monoisotopic (exact) mass is 379 g/mol. The van der Waals surface area contributed by atoms with Gasteiger partial charge in [0.05, 0.1) is 12.0 Å². The van der Waals surface area contributed by atoms with Crippen molar-refractivity contribution < 1.29 is 19.4 Å². The molecule has 154 valence electrons. The van der Waals surface area contributed by atoms with E-state index < -0.39 is 5.97 Å². The molecule has 2 saturated heterocycles. The normalized spacial score (nSPS) is 33.2. The first-order valence-corrected chi connectivity index (χ1v) is 10.9. The highest BCUT2D eigenvalue weighted by Crippen LogP contribution is 2.41. The highest BCUT2D eigenvalue weighted by Gasteiger charge is 2.41. The molecule has 1 unspecified atom stereocenters. The van der Waals surface area contributed by atoms with E-state index in [4.69, 9.17) is 4.74 Å². The Labute approximate surface area is 163 Å². The second kappa shape index (κ2) is 8.50. The SMILES string of the molecule is CC(C)(C)C1CCC(CC(=O)N2CCC([C@@H]3OCCC3C(=O)O)CC2)CC1. The summed E-state index contributed by atoms with van der Waals surface area (Å²) in [6.45, 7) is 9.06. The van der Waals surface area contributed by atoms with E-state index in [0.717, 1.165) is 31.8 Å². The lowest BCUT2D eigenvalue weighted by Gasteiger charge is -2.38. The molecule has 0 spiro atoms. The Morgan fingerprint density at radius 2 is 1.63 bits per heavy atom. The van der Waals surface area contributed by atoms with Crippen molar-refractivity contribution in [3.8, 4) is 0 Å². The third-order valence-electron chi connectivity index (χ3n) is 7.34. The summed E-state index contributed by atoms with van der Waals surface area (Å²) < 4.78 is 5.74. The predicted octanol–water partition coefficient (Wildman–Crippen LogP) is 3.96. The number of nitrogens with zero attached hydrogens (tertiary/aromatic N) is 1. The fourth-order valence-electron chi connectivity index (χ4n) is 5.43. The zero-order valence-electron chi connectivity index (χ0n) is 17.3. The number of rotatable bonds is 4. The molecule has 0 bridgehead atoms. The Bertz CT molecular complexity index is 525. The van der Waals surface area contributed by atoms with Crippen LogP contribution in [-0.4, -0.2) is 47.7 Å². The van der Waals surface area contributed by atoms with Gasteiger partial charge >= 0.3 is 5.97 Å². The zero-order valence-corrected chi connectivity index (χ0v) is 17.3. The Hall–Kier alpha value is -1.10. The lowest BCUT2D eigenvalue weighted by molar-refractivity contribution is -0.146. The van der Waals surface area contributed by atoms with Crippen molar-refractivity contribution in [1.82, 2.24) is 4.90 Å². The maximum atomic E-state index is 12.7. The summed E-state index contributed by atoms with van der Waals surface area (Å²) in [6.07, 6.45) is 7.76. The molecule has 5 nitrogen and oxygen atoms in total. The fourth-order valence-corrected chi connectivity index (χ4v) is 5.43. The number of carbonyl (C=O) groups excluding carboxylic acids is 1. The predicted molar refractivity (Wildman–Crippen MR) is 104 cm³/mol. The molecule has 2 aliphatic heterocycles. The summed E-state index contributed by atoms with van der Waals surface area (Å²) in [5, 5.41) is 9.36. The number of aliphatic carboxylic acids is 1. The first kappa shape index (κ1) is 20.6. The smallest absolute Gasteiger partial charge is 0.309 e. The van der Waals surface area contributed by atoms with Gasteiger partial charge in [-0.2, -0.15) is 0 Å². The number of amides is 1. The van der Waals surface area contributed by atoms with Crippen LogP contribution in [0.2, 0.25) is 0 Å². The average molecular weight is 380 g/mol. The molecule has 1 amide bonds. The lowest BCUT2D eigenvalue weighted by Crippen LogP contribution is -2.43. The lowest BCUT2D eigenvalue weighted by atomic mass is 9.69. The van der Waals surface area contributed by atoms with Crippen LogP contribution in [0.5, 0.6) is 0 Å². The largest absolute Gasteiger partial charge is 0.481 e. The Morgan fingerprint density at radius 3 is 2.19 bits per heavy atom. The van der Waals surface area contributed by atoms with Gasteiger partial charge in [0.15, 0.2) is 0 Å². The van der Waals surface area contributed by atoms with Crippen LogP contribution in [0.3, 0.4) is 0 Å². The van der Waals surface area contributed by atoms with E-state index in [-0.39, 0.29) is 17.9 Å². The Morgan fingerprint density at radius 1 is 1.00 bits per heavy atom. The first-order chi connectivity index (χ1) is 12.8. The van der Waals surface area contributed by atoms with Crippen LogP contribution in [0.1, 0.15) is 72.1 Å². The van der Waals surface area contributed by atoms with Crippen molar-refractivity contribution >= 4 is 11.9 Å². The number of hydrogen-bond acceptors (Lipinski definition) is 3. The number of likely N-dealkylation sites (tertiary alicyclic amines) is 1. The average Bonchev–Trinajstić information content (AvgIpc) is 3.11. The van der Waals surface area contributed by atoms with Crippen molar-refractivity contribution in [2.24, 2.45) is 29.1 Å². The molecule has 5 heteroatoms. The van der Waals surface area contributed by atoms with Gasteiger partial charge in [-0.25, -0.2) is 0 Å². The third kappa shape index (κ3) is 5.04. The van der Waals surface area contributed by atoms with E-state index in [9.17, 15) is 14.7 Å². The highest BCUT2D eigenvalue weighted by molar-refractivity contribution is 5.76. The molecule has 1 N–H and O–H groups in total. The molecular formula is C22H37NO4. The van der Waals surface area contributed by atoms with E-state index >= 15 is 0 Å². The van der Waals surface area contributed by atoms with Gasteiger partial charge < -0.3 is 14.7 Å². The summed E-state index contributed by atoms with van der Waals surface area (Å²) in [4.78, 5) is 26.1. The number of carboxylic acids is 1. The summed E-state index contributed by atoms with van der Waals surface area (Å²) in [5.41, 5.74) is 0.382. The number of carboxylic acid groups (broad SMARTS) is 1. The van der Waals surface area contributed by atoms with Gasteiger partial charge in [0.2, 0.25) is 5.91 Å². The standard InChI is InChI=1S/C22H37NO4/c1-22(2,3)17-6-4-15(5-7-17)14-19(24)23-11-8-16(9-12-23)20-18(21(25)26)10-13-27-20/h15-18,20H,4-14H2,1-3H3,(H,25,26)/t15?,17?,18?,20-/m0/s1. The first-order valence-electron chi connectivity index (χ1n) is 10.9. The van der Waals surface area contributed by atoms with Gasteiger partial charge in [-0.1, -0.05) is 20.8 Å². The molecule has 0 aromatic heterocycles. The second-order valence-corrected chi connectivity index (χ2v) is 10.1. The summed E-state index contributed by atoms with van der Waals surface area (Å²) >= 11 is 0. The van der Waals surface area contributed by atoms with Gasteiger partial charge in [-0.15, -0.1) is 0 Å². The molecule has 3 fully saturated rings. The summed E-state index contributed by atoms with van der Waals surface area (Å²) in [7, 11) is 0. The van der Waals surface area contributed by atoms with Crippen molar-refractivity contribution in [3.63, 3.8) is 0 Å². The molecule has 2 atom stereocenters. The molecule has 1 saturated carbocycles. The minimum absolute atomic E-state index is 0.160. The van der Waals surface area contributed by atoms with E-state index in [1.165, 1.54) is 25.7 Å². The Kier molecular flexibility index (Phi) is 6.50. The zero-order chi connectivity index (χ0) is 19.6. The fraction of sp³-hybridized carbons (Fsp3) is 0.909. The van der Waals surface area contributed by atoms with Gasteiger partial charge in [-0.3, -0.25) is 9.59 Å². The molecule has 2 heterocycles. The van der Waals surface area contributed by atoms with Crippen molar-refractivity contribution in [2.75, 3.05) is 19.7 Å². The molecule has 0 radical (unpaired) electrons.